The van der Waals surface area contributed by atoms with E-state index in [2.05, 4.69) is 52.2 Å². The van der Waals surface area contributed by atoms with E-state index in [1.54, 1.807) is 17.8 Å². The molecule has 5 atom stereocenters. The first-order chi connectivity index (χ1) is 18.9. The van der Waals surface area contributed by atoms with Gasteiger partial charge < -0.3 is 29.4 Å². The number of benzene rings is 3. The molecule has 2 aliphatic rings. The van der Waals surface area contributed by atoms with Gasteiger partial charge in [-0.1, -0.05) is 53.5 Å². The summed E-state index contributed by atoms with van der Waals surface area (Å²) >= 11 is 14.1. The molecule has 1 saturated heterocycles. The molecule has 3 aromatic carbocycles. The van der Waals surface area contributed by atoms with E-state index in [0.29, 0.717) is 22.5 Å². The zero-order valence-corrected chi connectivity index (χ0v) is 23.2. The second-order valence-corrected chi connectivity index (χ2v) is 11.3. The Bertz CT molecular complexity index is 1560. The molecule has 0 aliphatic carbocycles. The monoisotopic (exact) mass is 584 g/mol. The number of aliphatic imine (C=N–C) groups is 1. The van der Waals surface area contributed by atoms with Crippen LogP contribution in [-0.2, 0) is 16.0 Å². The second-order valence-electron chi connectivity index (χ2n) is 9.63. The van der Waals surface area contributed by atoms with Gasteiger partial charge in [0.05, 0.1) is 22.2 Å². The molecular formula is C29H26Cl2N2O5S. The third-order valence-corrected chi connectivity index (χ3v) is 8.70. The summed E-state index contributed by atoms with van der Waals surface area (Å²) in [5.41, 5.74) is 4.82. The van der Waals surface area contributed by atoms with Crippen molar-refractivity contribution in [1.82, 2.24) is 4.57 Å². The predicted molar refractivity (Wildman–Crippen MR) is 154 cm³/mol. The van der Waals surface area contributed by atoms with Gasteiger partial charge in [-0.3, -0.25) is 0 Å². The molecule has 3 heterocycles. The van der Waals surface area contributed by atoms with Crippen LogP contribution in [0, 0.1) is 0 Å². The quantitative estimate of drug-likeness (QED) is 0.277. The van der Waals surface area contributed by atoms with Crippen molar-refractivity contribution in [1.29, 1.82) is 0 Å². The SMILES string of the molecule is CSc1ccc(-c2ccc3c(C4=N[C@@H]5C(O)[C@H](O)C(CO)O[C@@H]5O4)cn(Cc4ccc(Cl)c(Cl)c4)c3c2)cc1. The minimum atomic E-state index is -1.26. The van der Waals surface area contributed by atoms with Gasteiger partial charge >= 0.3 is 0 Å². The van der Waals surface area contributed by atoms with Crippen LogP contribution in [0.2, 0.25) is 10.0 Å². The second kappa shape index (κ2) is 10.8. The van der Waals surface area contributed by atoms with E-state index in [4.69, 9.17) is 32.7 Å². The number of halogens is 2. The maximum absolute atomic E-state index is 10.6. The molecular weight excluding hydrogens is 559 g/mol. The Morgan fingerprint density at radius 2 is 1.72 bits per heavy atom. The summed E-state index contributed by atoms with van der Waals surface area (Å²) in [5.74, 6) is 0.310. The van der Waals surface area contributed by atoms with Gasteiger partial charge in [0.2, 0.25) is 12.2 Å². The molecule has 0 amide bonds. The van der Waals surface area contributed by atoms with Gasteiger partial charge in [0.25, 0.3) is 0 Å². The average molecular weight is 586 g/mol. The lowest BCUT2D eigenvalue weighted by Crippen LogP contribution is -2.56. The van der Waals surface area contributed by atoms with Gasteiger partial charge in [-0.05, 0) is 53.3 Å². The Balaban J connectivity index is 1.43. The zero-order chi connectivity index (χ0) is 27.3. The molecule has 10 heteroatoms. The Labute approximate surface area is 239 Å². The fourth-order valence-corrected chi connectivity index (χ4v) is 5.83. The highest BCUT2D eigenvalue weighted by Gasteiger charge is 2.49. The Morgan fingerprint density at radius 1 is 0.949 bits per heavy atom. The maximum Gasteiger partial charge on any atom is 0.227 e. The topological polar surface area (TPSA) is 96.4 Å². The lowest BCUT2D eigenvalue weighted by Gasteiger charge is -2.36. The van der Waals surface area contributed by atoms with E-state index in [-0.39, 0.29) is 0 Å². The summed E-state index contributed by atoms with van der Waals surface area (Å²) in [5, 5.41) is 32.4. The summed E-state index contributed by atoms with van der Waals surface area (Å²) in [6.07, 6.45) is -0.337. The van der Waals surface area contributed by atoms with Crippen LogP contribution < -0.4 is 0 Å². The number of hydrogen-bond acceptors (Lipinski definition) is 7. The number of aliphatic hydroxyl groups is 3. The van der Waals surface area contributed by atoms with Gasteiger partial charge in [0.15, 0.2) is 0 Å². The molecule has 7 nitrogen and oxygen atoms in total. The number of fused-ring (bicyclic) bond motifs is 2. The van der Waals surface area contributed by atoms with Crippen LogP contribution in [0.1, 0.15) is 11.1 Å². The third-order valence-electron chi connectivity index (χ3n) is 7.22. The number of thioether (sulfide) groups is 1. The predicted octanol–water partition coefficient (Wildman–Crippen LogP) is 4.97. The van der Waals surface area contributed by atoms with Gasteiger partial charge in [-0.2, -0.15) is 0 Å². The maximum atomic E-state index is 10.6. The van der Waals surface area contributed by atoms with Crippen LogP contribution in [0.3, 0.4) is 0 Å². The number of aliphatic hydroxyl groups excluding tert-OH is 3. The molecule has 39 heavy (non-hydrogen) atoms. The van der Waals surface area contributed by atoms with Crippen molar-refractivity contribution in [3.05, 3.63) is 88.0 Å². The molecule has 1 fully saturated rings. The average Bonchev–Trinajstić information content (AvgIpc) is 3.54. The van der Waals surface area contributed by atoms with E-state index in [1.165, 1.54) is 4.90 Å². The van der Waals surface area contributed by atoms with Crippen LogP contribution in [0.15, 0.2) is 76.7 Å². The summed E-state index contributed by atoms with van der Waals surface area (Å²) in [7, 11) is 0. The number of nitrogens with zero attached hydrogens (tertiary/aromatic N) is 2. The van der Waals surface area contributed by atoms with E-state index in [0.717, 1.165) is 33.2 Å². The Kier molecular flexibility index (Phi) is 7.37. The van der Waals surface area contributed by atoms with E-state index in [9.17, 15) is 15.3 Å². The number of hydrogen-bond donors (Lipinski definition) is 3. The summed E-state index contributed by atoms with van der Waals surface area (Å²) in [6, 6.07) is 19.4. The molecule has 2 aliphatic heterocycles. The normalized spacial score (nSPS) is 24.5. The Morgan fingerprint density at radius 3 is 2.44 bits per heavy atom. The highest BCUT2D eigenvalue weighted by Crippen LogP contribution is 2.35. The number of ether oxygens (including phenoxy) is 2. The highest BCUT2D eigenvalue weighted by molar-refractivity contribution is 7.98. The Hall–Kier alpha value is -2.56. The molecule has 4 aromatic rings. The van der Waals surface area contributed by atoms with Crippen molar-refractivity contribution in [3.8, 4) is 11.1 Å². The lowest BCUT2D eigenvalue weighted by molar-refractivity contribution is -0.234. The van der Waals surface area contributed by atoms with Crippen LogP contribution in [0.25, 0.3) is 22.0 Å². The largest absolute Gasteiger partial charge is 0.445 e. The molecule has 0 bridgehead atoms. The molecule has 6 rings (SSSR count). The fourth-order valence-electron chi connectivity index (χ4n) is 5.10. The molecule has 0 radical (unpaired) electrons. The molecule has 202 valence electrons. The van der Waals surface area contributed by atoms with Gasteiger partial charge in [-0.15, -0.1) is 11.8 Å². The zero-order valence-electron chi connectivity index (χ0n) is 20.9. The highest BCUT2D eigenvalue weighted by atomic mass is 35.5. The van der Waals surface area contributed by atoms with E-state index in [1.807, 2.05) is 24.4 Å². The molecule has 0 spiro atoms. The molecule has 0 saturated carbocycles. The first-order valence-electron chi connectivity index (χ1n) is 12.4. The van der Waals surface area contributed by atoms with Gasteiger partial charge in [-0.25, -0.2) is 4.99 Å². The minimum Gasteiger partial charge on any atom is -0.445 e. The number of aromatic nitrogens is 1. The van der Waals surface area contributed by atoms with Crippen molar-refractivity contribution in [3.63, 3.8) is 0 Å². The van der Waals surface area contributed by atoms with Crippen molar-refractivity contribution in [2.45, 2.75) is 42.1 Å². The first-order valence-corrected chi connectivity index (χ1v) is 14.4. The fraction of sp³-hybridized carbons (Fsp3) is 0.276. The summed E-state index contributed by atoms with van der Waals surface area (Å²) in [4.78, 5) is 5.80. The summed E-state index contributed by atoms with van der Waals surface area (Å²) < 4.78 is 13.8. The summed E-state index contributed by atoms with van der Waals surface area (Å²) in [6.45, 7) is 0.0800. The molecule has 1 aromatic heterocycles. The van der Waals surface area contributed by atoms with Crippen molar-refractivity contribution in [2.75, 3.05) is 12.9 Å². The van der Waals surface area contributed by atoms with Crippen molar-refractivity contribution in [2.24, 2.45) is 4.99 Å². The van der Waals surface area contributed by atoms with Crippen LogP contribution in [0.5, 0.6) is 0 Å². The number of rotatable bonds is 6. The first kappa shape index (κ1) is 26.7. The van der Waals surface area contributed by atoms with E-state index < -0.39 is 37.3 Å². The standard InChI is InChI=1S/C29H26Cl2N2O5S/c1-39-18-6-3-16(4-7-18)17-5-8-19-20(28-32-25-27(36)26(35)24(14-34)37-29(25)38-28)13-33(23(19)11-17)12-15-2-9-21(30)22(31)10-15/h2-11,13,24-27,29,34-36H,12,14H2,1H3/t24?,25-,26-,27?,29-/m1/s1. The van der Waals surface area contributed by atoms with Gasteiger partial charge in [0, 0.05) is 28.5 Å². The van der Waals surface area contributed by atoms with Crippen LogP contribution in [-0.4, -0.2) is 69.3 Å². The lowest BCUT2D eigenvalue weighted by atomic mass is 9.98. The van der Waals surface area contributed by atoms with Crippen molar-refractivity contribution >= 4 is 51.8 Å². The third kappa shape index (κ3) is 4.95. The van der Waals surface area contributed by atoms with Crippen LogP contribution >= 0.6 is 35.0 Å². The van der Waals surface area contributed by atoms with E-state index >= 15 is 0 Å². The molecule has 3 N–H and O–H groups in total. The van der Waals surface area contributed by atoms with Gasteiger partial charge in [0.1, 0.15) is 24.4 Å². The minimum absolute atomic E-state index is 0.310. The van der Waals surface area contributed by atoms with Crippen LogP contribution in [0.4, 0.5) is 0 Å². The smallest absolute Gasteiger partial charge is 0.227 e. The molecule has 2 unspecified atom stereocenters. The van der Waals surface area contributed by atoms with Crippen molar-refractivity contribution < 1.29 is 24.8 Å².